The molecule has 0 aliphatic rings. The van der Waals surface area contributed by atoms with Crippen molar-refractivity contribution in [2.75, 3.05) is 6.61 Å². The van der Waals surface area contributed by atoms with Gasteiger partial charge in [-0.2, -0.15) is 5.10 Å². The summed E-state index contributed by atoms with van der Waals surface area (Å²) in [5.74, 6) is 0. The third-order valence-corrected chi connectivity index (χ3v) is 3.04. The summed E-state index contributed by atoms with van der Waals surface area (Å²) in [4.78, 5) is 11.8. The quantitative estimate of drug-likeness (QED) is 0.917. The molecule has 0 saturated heterocycles. The smallest absolute Gasteiger partial charge is 0.272 e. The Morgan fingerprint density at radius 1 is 1.32 bits per heavy atom. The highest BCUT2D eigenvalue weighted by molar-refractivity contribution is 5.62. The van der Waals surface area contributed by atoms with Gasteiger partial charge < -0.3 is 4.74 Å². The van der Waals surface area contributed by atoms with E-state index in [0.29, 0.717) is 12.2 Å². The maximum absolute atomic E-state index is 11.8. The van der Waals surface area contributed by atoms with Crippen molar-refractivity contribution in [2.24, 2.45) is 0 Å². The molecule has 2 aromatic rings. The molecule has 2 rings (SSSR count). The van der Waals surface area contributed by atoms with Crippen LogP contribution in [0.15, 0.2) is 35.1 Å². The van der Waals surface area contributed by atoms with Crippen LogP contribution < -0.4 is 5.56 Å². The van der Waals surface area contributed by atoms with E-state index >= 15 is 0 Å². The van der Waals surface area contributed by atoms with Crippen LogP contribution in [0.5, 0.6) is 0 Å². The Morgan fingerprint density at radius 3 is 2.63 bits per heavy atom. The van der Waals surface area contributed by atoms with E-state index in [1.807, 2.05) is 45.0 Å². The van der Waals surface area contributed by atoms with E-state index in [2.05, 4.69) is 10.2 Å². The van der Waals surface area contributed by atoms with Gasteiger partial charge in [-0.15, -0.1) is 0 Å². The third-order valence-electron chi connectivity index (χ3n) is 3.04. The van der Waals surface area contributed by atoms with Gasteiger partial charge in [0.15, 0.2) is 0 Å². The van der Waals surface area contributed by atoms with Gasteiger partial charge in [-0.1, -0.05) is 24.3 Å². The molecule has 0 aliphatic heterocycles. The minimum absolute atomic E-state index is 0.0662. The van der Waals surface area contributed by atoms with Crippen molar-refractivity contribution in [3.8, 4) is 11.1 Å². The highest BCUT2D eigenvalue weighted by Crippen LogP contribution is 2.21. The molecule has 0 amide bonds. The van der Waals surface area contributed by atoms with Crippen LogP contribution >= 0.6 is 0 Å². The number of benzene rings is 1. The van der Waals surface area contributed by atoms with E-state index in [1.165, 1.54) is 0 Å². The van der Waals surface area contributed by atoms with Crippen molar-refractivity contribution in [3.05, 3.63) is 51.9 Å². The van der Waals surface area contributed by atoms with Crippen molar-refractivity contribution >= 4 is 0 Å². The number of hydrogen-bond acceptors (Lipinski definition) is 3. The van der Waals surface area contributed by atoms with Crippen LogP contribution in [-0.2, 0) is 4.74 Å². The molecule has 19 heavy (non-hydrogen) atoms. The number of aryl methyl sites for hydroxylation is 1. The van der Waals surface area contributed by atoms with Crippen molar-refractivity contribution in [1.82, 2.24) is 10.2 Å². The molecule has 0 fully saturated rings. The molecule has 100 valence electrons. The van der Waals surface area contributed by atoms with Crippen molar-refractivity contribution < 1.29 is 4.74 Å². The molecule has 1 aromatic heterocycles. The van der Waals surface area contributed by atoms with Crippen LogP contribution in [0.25, 0.3) is 11.1 Å². The number of rotatable bonds is 4. The lowest BCUT2D eigenvalue weighted by molar-refractivity contribution is 0.0764. The lowest BCUT2D eigenvalue weighted by Gasteiger charge is -2.12. The van der Waals surface area contributed by atoms with Gasteiger partial charge in [-0.25, -0.2) is 5.10 Å². The summed E-state index contributed by atoms with van der Waals surface area (Å²) in [7, 11) is 0. The van der Waals surface area contributed by atoms with Crippen molar-refractivity contribution in [1.29, 1.82) is 0 Å². The minimum Gasteiger partial charge on any atom is -0.374 e. The molecule has 0 spiro atoms. The topological polar surface area (TPSA) is 55.0 Å². The van der Waals surface area contributed by atoms with Crippen molar-refractivity contribution in [2.45, 2.75) is 26.9 Å². The number of nitrogens with one attached hydrogen (secondary N) is 1. The van der Waals surface area contributed by atoms with Gasteiger partial charge in [0, 0.05) is 6.61 Å². The molecular formula is C15H18N2O2. The summed E-state index contributed by atoms with van der Waals surface area (Å²) in [6, 6.07) is 9.65. The lowest BCUT2D eigenvalue weighted by Crippen LogP contribution is -2.11. The SMILES string of the molecule is CCOC(C)c1ccc(-c2cc(C)n[nH]c2=O)cc1. The first-order chi connectivity index (χ1) is 9.11. The lowest BCUT2D eigenvalue weighted by atomic mass is 10.0. The first kappa shape index (κ1) is 13.5. The summed E-state index contributed by atoms with van der Waals surface area (Å²) in [5, 5.41) is 6.37. The van der Waals surface area contributed by atoms with Gasteiger partial charge in [-0.3, -0.25) is 4.79 Å². The average molecular weight is 258 g/mol. The van der Waals surface area contributed by atoms with Crippen LogP contribution in [0.1, 0.15) is 31.2 Å². The van der Waals surface area contributed by atoms with Gasteiger partial charge in [0.1, 0.15) is 0 Å². The first-order valence-corrected chi connectivity index (χ1v) is 6.40. The second-order valence-corrected chi connectivity index (χ2v) is 4.47. The Hall–Kier alpha value is -1.94. The van der Waals surface area contributed by atoms with E-state index in [-0.39, 0.29) is 11.7 Å². The minimum atomic E-state index is -0.170. The summed E-state index contributed by atoms with van der Waals surface area (Å²) in [6.45, 7) is 6.53. The van der Waals surface area contributed by atoms with Gasteiger partial charge in [0.05, 0.1) is 17.4 Å². The third kappa shape index (κ3) is 3.09. The normalized spacial score (nSPS) is 12.4. The van der Waals surface area contributed by atoms with Crippen LogP contribution in [-0.4, -0.2) is 16.8 Å². The molecule has 1 N–H and O–H groups in total. The number of ether oxygens (including phenoxy) is 1. The molecule has 4 heteroatoms. The molecule has 0 aliphatic carbocycles. The monoisotopic (exact) mass is 258 g/mol. The number of aromatic amines is 1. The molecule has 0 saturated carbocycles. The standard InChI is InChI=1S/C15H18N2O2/c1-4-19-11(3)12-5-7-13(8-6-12)14-9-10(2)16-17-15(14)18/h5-9,11H,4H2,1-3H3,(H,17,18). The number of nitrogens with zero attached hydrogens (tertiary/aromatic N) is 1. The summed E-state index contributed by atoms with van der Waals surface area (Å²) >= 11 is 0. The van der Waals surface area contributed by atoms with Gasteiger partial charge in [-0.05, 0) is 38.0 Å². The molecule has 0 bridgehead atoms. The zero-order chi connectivity index (χ0) is 13.8. The second-order valence-electron chi connectivity index (χ2n) is 4.47. The van der Waals surface area contributed by atoms with E-state index < -0.39 is 0 Å². The molecule has 0 radical (unpaired) electrons. The largest absolute Gasteiger partial charge is 0.374 e. The number of hydrogen-bond donors (Lipinski definition) is 1. The van der Waals surface area contributed by atoms with Crippen LogP contribution in [0.3, 0.4) is 0 Å². The van der Waals surface area contributed by atoms with Gasteiger partial charge in [0.2, 0.25) is 0 Å². The Labute approximate surface area is 112 Å². The summed E-state index contributed by atoms with van der Waals surface area (Å²) in [6.07, 6.45) is 0.0662. The van der Waals surface area contributed by atoms with E-state index in [0.717, 1.165) is 16.8 Å². The Kier molecular flexibility index (Phi) is 4.12. The molecule has 1 aromatic carbocycles. The zero-order valence-electron chi connectivity index (χ0n) is 11.4. The summed E-state index contributed by atoms with van der Waals surface area (Å²) in [5.41, 5.74) is 3.26. The summed E-state index contributed by atoms with van der Waals surface area (Å²) < 4.78 is 5.54. The zero-order valence-corrected chi connectivity index (χ0v) is 11.4. The van der Waals surface area contributed by atoms with E-state index in [1.54, 1.807) is 6.07 Å². The first-order valence-electron chi connectivity index (χ1n) is 6.40. The molecule has 1 heterocycles. The van der Waals surface area contributed by atoms with E-state index in [4.69, 9.17) is 4.74 Å². The predicted molar refractivity (Wildman–Crippen MR) is 75.1 cm³/mol. The molecule has 1 atom stereocenters. The second kappa shape index (κ2) is 5.80. The van der Waals surface area contributed by atoms with Crippen LogP contribution in [0, 0.1) is 6.92 Å². The highest BCUT2D eigenvalue weighted by Gasteiger charge is 2.07. The predicted octanol–water partition coefficient (Wildman–Crippen LogP) is 2.84. The van der Waals surface area contributed by atoms with Gasteiger partial charge >= 0.3 is 0 Å². The Bertz CT molecular complexity index is 602. The number of H-pyrrole nitrogens is 1. The van der Waals surface area contributed by atoms with Gasteiger partial charge in [0.25, 0.3) is 5.56 Å². The Morgan fingerprint density at radius 2 is 2.00 bits per heavy atom. The maximum Gasteiger partial charge on any atom is 0.272 e. The fourth-order valence-electron chi connectivity index (χ4n) is 2.00. The van der Waals surface area contributed by atoms with Crippen LogP contribution in [0.2, 0.25) is 0 Å². The van der Waals surface area contributed by atoms with E-state index in [9.17, 15) is 4.79 Å². The molecule has 1 unspecified atom stereocenters. The van der Waals surface area contributed by atoms with Crippen LogP contribution in [0.4, 0.5) is 0 Å². The fourth-order valence-corrected chi connectivity index (χ4v) is 2.00. The fraction of sp³-hybridized carbons (Fsp3) is 0.333. The maximum atomic E-state index is 11.8. The highest BCUT2D eigenvalue weighted by atomic mass is 16.5. The Balaban J connectivity index is 2.32. The number of aromatic nitrogens is 2. The molecule has 4 nitrogen and oxygen atoms in total. The van der Waals surface area contributed by atoms with Crippen molar-refractivity contribution in [3.63, 3.8) is 0 Å². The average Bonchev–Trinajstić information content (AvgIpc) is 2.42. The molecular weight excluding hydrogens is 240 g/mol.